The first-order valence-electron chi connectivity index (χ1n) is 23.5. The molecule has 324 valence electrons. The van der Waals surface area contributed by atoms with Crippen molar-refractivity contribution >= 4 is 92.6 Å². The lowest BCUT2D eigenvalue weighted by atomic mass is 9.62. The highest BCUT2D eigenvalue weighted by Crippen LogP contribution is 2.46. The average Bonchev–Trinajstić information content (AvgIpc) is 3.96. The van der Waals surface area contributed by atoms with Gasteiger partial charge in [0.2, 0.25) is 0 Å². The van der Waals surface area contributed by atoms with Crippen LogP contribution in [-0.2, 0) is 0 Å². The molecule has 8 heteroatoms. The van der Waals surface area contributed by atoms with Crippen molar-refractivity contribution in [2.24, 2.45) is 9.98 Å². The van der Waals surface area contributed by atoms with Gasteiger partial charge in [-0.05, 0) is 80.6 Å². The first kappa shape index (κ1) is 41.1. The molecular weight excluding hydrogens is 850 g/mol. The van der Waals surface area contributed by atoms with Crippen LogP contribution in [0.5, 0.6) is 0 Å². The standard InChI is InChI=1S/C62H40B2N6/c1-3-16-42(17-4-1)63-44-20-11-15-41(37-44)52-38-51(47-23-13-25-50-59(47)60(52)70-62(50)68-56-28-9-10-36-65-56)40-32-30-39(31-33-40)45-34-35-55-58-46(45)22-12-24-49(58)61(67-55)69-57-29-14-27-54(66-57)48-21-7-8-26-53(48)64-43-18-5-2-6-19-43/h1-38H,(H,65,68,70)(H,66,67,69). The van der Waals surface area contributed by atoms with Gasteiger partial charge in [-0.15, -0.1) is 0 Å². The first-order chi connectivity index (χ1) is 34.7. The van der Waals surface area contributed by atoms with Crippen LogP contribution < -0.4 is 32.5 Å². The lowest BCUT2D eigenvalue weighted by molar-refractivity contribution is 1.27. The molecule has 2 aliphatic heterocycles. The minimum absolute atomic E-state index is 0.645. The highest BCUT2D eigenvalue weighted by Gasteiger charge is 2.27. The highest BCUT2D eigenvalue weighted by molar-refractivity contribution is 6.69. The Labute approximate surface area is 407 Å². The Morgan fingerprint density at radius 3 is 1.77 bits per heavy atom. The van der Waals surface area contributed by atoms with Crippen LogP contribution in [0.15, 0.2) is 241 Å². The van der Waals surface area contributed by atoms with Gasteiger partial charge in [0.05, 0.1) is 11.4 Å². The van der Waals surface area contributed by atoms with Gasteiger partial charge in [-0.2, -0.15) is 0 Å². The van der Waals surface area contributed by atoms with E-state index in [1.165, 1.54) is 0 Å². The summed E-state index contributed by atoms with van der Waals surface area (Å²) in [7, 11) is 4.42. The Balaban J connectivity index is 0.857. The molecule has 0 amide bonds. The summed E-state index contributed by atoms with van der Waals surface area (Å²) in [6, 6.07) is 78.7. The average molecular weight is 891 g/mol. The molecule has 0 saturated carbocycles. The number of pyridine rings is 2. The van der Waals surface area contributed by atoms with E-state index in [0.717, 1.165) is 122 Å². The maximum Gasteiger partial charge on any atom is 0.192 e. The van der Waals surface area contributed by atoms with Gasteiger partial charge in [-0.25, -0.2) is 20.0 Å². The van der Waals surface area contributed by atoms with Crippen molar-refractivity contribution in [2.45, 2.75) is 0 Å². The number of hydrogen-bond donors (Lipinski definition) is 2. The minimum Gasteiger partial charge on any atom is -0.339 e. The molecule has 0 spiro atoms. The van der Waals surface area contributed by atoms with Gasteiger partial charge in [-0.1, -0.05) is 210 Å². The van der Waals surface area contributed by atoms with Crippen molar-refractivity contribution in [2.75, 3.05) is 10.6 Å². The van der Waals surface area contributed by atoms with Gasteiger partial charge >= 0.3 is 0 Å². The van der Waals surface area contributed by atoms with Gasteiger partial charge in [0.1, 0.15) is 11.7 Å². The summed E-state index contributed by atoms with van der Waals surface area (Å²) in [5.41, 5.74) is 17.5. The Kier molecular flexibility index (Phi) is 10.3. The fraction of sp³-hybridized carbons (Fsp3) is 0. The van der Waals surface area contributed by atoms with E-state index < -0.39 is 0 Å². The molecule has 13 rings (SSSR count). The topological polar surface area (TPSA) is 74.6 Å². The molecule has 0 unspecified atom stereocenters. The van der Waals surface area contributed by atoms with E-state index >= 15 is 0 Å². The third-order valence-electron chi connectivity index (χ3n) is 13.2. The molecule has 0 fully saturated rings. The minimum atomic E-state index is 0.645. The van der Waals surface area contributed by atoms with Gasteiger partial charge in [0, 0.05) is 39.3 Å². The number of aliphatic imine (C=N–C) groups is 2. The lowest BCUT2D eigenvalue weighted by Gasteiger charge is -2.16. The number of amidine groups is 2. The van der Waals surface area contributed by atoms with E-state index in [2.05, 4.69) is 212 Å². The van der Waals surface area contributed by atoms with Crippen LogP contribution in [0, 0.1) is 0 Å². The molecule has 0 saturated heterocycles. The fourth-order valence-electron chi connectivity index (χ4n) is 10.0. The molecular formula is C62H40B2N6. The van der Waals surface area contributed by atoms with Gasteiger partial charge in [0.25, 0.3) is 0 Å². The van der Waals surface area contributed by atoms with Crippen LogP contribution in [0.25, 0.3) is 66.2 Å². The number of nitrogens with zero attached hydrogens (tertiary/aromatic N) is 4. The third kappa shape index (κ3) is 7.62. The van der Waals surface area contributed by atoms with E-state index in [1.807, 2.05) is 42.5 Å². The van der Waals surface area contributed by atoms with E-state index in [9.17, 15) is 0 Å². The Bertz CT molecular complexity index is 3880. The Hall–Kier alpha value is -9.13. The van der Waals surface area contributed by atoms with Crippen molar-refractivity contribution in [3.05, 3.63) is 242 Å². The van der Waals surface area contributed by atoms with Crippen molar-refractivity contribution in [3.8, 4) is 44.6 Å². The highest BCUT2D eigenvalue weighted by atomic mass is 15.1. The molecule has 2 aliphatic rings. The molecule has 11 aromatic rings. The fourth-order valence-corrected chi connectivity index (χ4v) is 10.0. The van der Waals surface area contributed by atoms with E-state index in [4.69, 9.17) is 15.0 Å². The molecule has 9 aromatic carbocycles. The van der Waals surface area contributed by atoms with Crippen LogP contribution in [0.2, 0.25) is 0 Å². The zero-order valence-electron chi connectivity index (χ0n) is 37.9. The van der Waals surface area contributed by atoms with Crippen LogP contribution >= 0.6 is 0 Å². The summed E-state index contributed by atoms with van der Waals surface area (Å²) in [5, 5.41) is 12.0. The number of rotatable bonds is 10. The van der Waals surface area contributed by atoms with Gasteiger partial charge < -0.3 is 10.6 Å². The quantitative estimate of drug-likeness (QED) is 0.134. The van der Waals surface area contributed by atoms with Crippen molar-refractivity contribution in [1.29, 1.82) is 0 Å². The van der Waals surface area contributed by atoms with Gasteiger partial charge in [0.15, 0.2) is 26.2 Å². The second kappa shape index (κ2) is 17.5. The number of hydrogen-bond acceptors (Lipinski definition) is 4. The summed E-state index contributed by atoms with van der Waals surface area (Å²) in [5.74, 6) is 2.88. The van der Waals surface area contributed by atoms with Crippen LogP contribution in [0.1, 0.15) is 11.1 Å². The van der Waals surface area contributed by atoms with Crippen molar-refractivity contribution < 1.29 is 0 Å². The maximum absolute atomic E-state index is 5.13. The molecule has 2 radical (unpaired) electrons. The van der Waals surface area contributed by atoms with Crippen LogP contribution in [0.4, 0.5) is 23.0 Å². The maximum atomic E-state index is 5.13. The van der Waals surface area contributed by atoms with E-state index in [0.29, 0.717) is 11.6 Å². The normalized spacial score (nSPS) is 13.4. The molecule has 0 bridgehead atoms. The van der Waals surface area contributed by atoms with E-state index in [-0.39, 0.29) is 0 Å². The van der Waals surface area contributed by atoms with Crippen molar-refractivity contribution in [1.82, 2.24) is 9.97 Å². The molecule has 2 N–H and O–H groups in total. The molecule has 4 heterocycles. The van der Waals surface area contributed by atoms with Crippen LogP contribution in [-0.4, -0.2) is 36.2 Å². The molecule has 2 aromatic heterocycles. The number of anilines is 2. The Morgan fingerprint density at radius 2 is 0.986 bits per heavy atom. The first-order valence-corrected chi connectivity index (χ1v) is 23.5. The largest absolute Gasteiger partial charge is 0.339 e. The predicted octanol–water partition coefficient (Wildman–Crippen LogP) is 11.8. The summed E-state index contributed by atoms with van der Waals surface area (Å²) < 4.78 is 0. The second-order valence-electron chi connectivity index (χ2n) is 17.6. The SMILES string of the molecule is [B](c1ccccc1)c1cccc(-c2cc(-c3ccc(-c4ccc5c6c(cccc46)C(=Nc4cccc(-c6ccccc6[B]c6ccccc6)n4)N5)cc3)c3cccc4c3c2NC4=Nc2ccccn2)c1. The zero-order chi connectivity index (χ0) is 46.4. The predicted molar refractivity (Wildman–Crippen MR) is 294 cm³/mol. The molecule has 70 heavy (non-hydrogen) atoms. The summed E-state index contributed by atoms with van der Waals surface area (Å²) in [4.78, 5) is 19.8. The summed E-state index contributed by atoms with van der Waals surface area (Å²) >= 11 is 0. The molecule has 0 aliphatic carbocycles. The monoisotopic (exact) mass is 890 g/mol. The molecule has 0 atom stereocenters. The number of aromatic nitrogens is 2. The summed E-state index contributed by atoms with van der Waals surface area (Å²) in [6.45, 7) is 0. The Morgan fingerprint density at radius 1 is 0.371 bits per heavy atom. The van der Waals surface area contributed by atoms with Gasteiger partial charge in [-0.3, -0.25) is 0 Å². The molecule has 6 nitrogen and oxygen atoms in total. The smallest absolute Gasteiger partial charge is 0.192 e. The number of benzene rings is 9. The van der Waals surface area contributed by atoms with Crippen molar-refractivity contribution in [3.63, 3.8) is 0 Å². The number of nitrogens with one attached hydrogen (secondary N) is 2. The second-order valence-corrected chi connectivity index (χ2v) is 17.6. The summed E-state index contributed by atoms with van der Waals surface area (Å²) in [6.07, 6.45) is 1.78. The lowest BCUT2D eigenvalue weighted by Crippen LogP contribution is -2.28. The van der Waals surface area contributed by atoms with Crippen LogP contribution in [0.3, 0.4) is 0 Å². The third-order valence-corrected chi connectivity index (χ3v) is 13.2. The zero-order valence-corrected chi connectivity index (χ0v) is 37.9. The van der Waals surface area contributed by atoms with E-state index in [1.54, 1.807) is 6.20 Å².